The van der Waals surface area contributed by atoms with Crippen LogP contribution in [0.2, 0.25) is 0 Å². The molecule has 1 aromatic heterocycles. The molecule has 0 amide bonds. The van der Waals surface area contributed by atoms with Crippen LogP contribution in [0, 0.1) is 0 Å². The highest BCUT2D eigenvalue weighted by Gasteiger charge is 2.25. The summed E-state index contributed by atoms with van der Waals surface area (Å²) in [6, 6.07) is 1.10. The molecule has 26 heavy (non-hydrogen) atoms. The van der Waals surface area contributed by atoms with Crippen LogP contribution >= 0.6 is 0 Å². The first-order valence-electron chi connectivity index (χ1n) is 9.83. The first kappa shape index (κ1) is 20.7. The van der Waals surface area contributed by atoms with Crippen molar-refractivity contribution in [2.75, 3.05) is 26.2 Å². The van der Waals surface area contributed by atoms with Crippen molar-refractivity contribution in [1.82, 2.24) is 25.3 Å². The molecule has 3 N–H and O–H groups in total. The number of aromatic nitrogens is 2. The summed E-state index contributed by atoms with van der Waals surface area (Å²) < 4.78 is 1.69. The standard InChI is InChI=1S/C19H36N6O/c1-6-20-18(21-11-16(3)25-10-8-7-9-15(25)2)22-14-19(4,26)17-12-23-24(5)13-17/h12-13,15-16,26H,6-11,14H2,1-5H3,(H2,20,21,22). The van der Waals surface area contributed by atoms with Gasteiger partial charge in [0, 0.05) is 44.0 Å². The van der Waals surface area contributed by atoms with Crippen molar-refractivity contribution in [3.8, 4) is 0 Å². The molecular formula is C19H36N6O. The predicted molar refractivity (Wildman–Crippen MR) is 106 cm³/mol. The number of piperidine rings is 1. The van der Waals surface area contributed by atoms with Gasteiger partial charge in [0.25, 0.3) is 0 Å². The smallest absolute Gasteiger partial charge is 0.191 e. The second kappa shape index (κ2) is 9.37. The van der Waals surface area contributed by atoms with Crippen molar-refractivity contribution < 1.29 is 5.11 Å². The minimum absolute atomic E-state index is 0.280. The number of hydrogen-bond acceptors (Lipinski definition) is 4. The topological polar surface area (TPSA) is 77.7 Å². The highest BCUT2D eigenvalue weighted by Crippen LogP contribution is 2.20. The number of likely N-dealkylation sites (tertiary alicyclic amines) is 1. The van der Waals surface area contributed by atoms with E-state index in [9.17, 15) is 5.11 Å². The Kier molecular flexibility index (Phi) is 7.46. The summed E-state index contributed by atoms with van der Waals surface area (Å²) in [7, 11) is 1.84. The maximum Gasteiger partial charge on any atom is 0.191 e. The van der Waals surface area contributed by atoms with E-state index in [1.54, 1.807) is 17.8 Å². The Balaban J connectivity index is 1.93. The molecule has 0 radical (unpaired) electrons. The van der Waals surface area contributed by atoms with E-state index in [0.29, 0.717) is 12.1 Å². The minimum atomic E-state index is -1.04. The molecule has 7 heteroatoms. The number of nitrogens with zero attached hydrogens (tertiary/aromatic N) is 4. The summed E-state index contributed by atoms with van der Waals surface area (Å²) in [5, 5.41) is 21.5. The quantitative estimate of drug-likeness (QED) is 0.504. The van der Waals surface area contributed by atoms with E-state index >= 15 is 0 Å². The van der Waals surface area contributed by atoms with Gasteiger partial charge >= 0.3 is 0 Å². The van der Waals surface area contributed by atoms with Crippen molar-refractivity contribution in [2.24, 2.45) is 12.0 Å². The molecule has 148 valence electrons. The normalized spacial score (nSPS) is 22.7. The molecule has 0 bridgehead atoms. The number of nitrogens with one attached hydrogen (secondary N) is 2. The van der Waals surface area contributed by atoms with Crippen molar-refractivity contribution in [1.29, 1.82) is 0 Å². The molecule has 0 aliphatic carbocycles. The van der Waals surface area contributed by atoms with Crippen LogP contribution in [0.3, 0.4) is 0 Å². The number of aliphatic hydroxyl groups is 1. The average molecular weight is 365 g/mol. The Labute approximate surface area is 157 Å². The molecule has 1 aliphatic rings. The number of aryl methyl sites for hydroxylation is 1. The molecule has 1 fully saturated rings. The molecule has 1 saturated heterocycles. The summed E-state index contributed by atoms with van der Waals surface area (Å²) in [4.78, 5) is 7.17. The maximum atomic E-state index is 10.7. The summed E-state index contributed by atoms with van der Waals surface area (Å²) in [5.74, 6) is 0.744. The second-order valence-electron chi connectivity index (χ2n) is 7.68. The molecule has 2 rings (SSSR count). The Hall–Kier alpha value is -1.60. The summed E-state index contributed by atoms with van der Waals surface area (Å²) in [6.45, 7) is 11.5. The Morgan fingerprint density at radius 1 is 1.46 bits per heavy atom. The van der Waals surface area contributed by atoms with Crippen LogP contribution in [0.15, 0.2) is 17.4 Å². The highest BCUT2D eigenvalue weighted by molar-refractivity contribution is 5.79. The van der Waals surface area contributed by atoms with Crippen molar-refractivity contribution >= 4 is 5.96 Å². The molecule has 3 unspecified atom stereocenters. The van der Waals surface area contributed by atoms with Crippen LogP contribution in [0.4, 0.5) is 0 Å². The van der Waals surface area contributed by atoms with Gasteiger partial charge in [0.05, 0.1) is 12.7 Å². The first-order valence-corrected chi connectivity index (χ1v) is 9.83. The molecular weight excluding hydrogens is 328 g/mol. The molecule has 0 aromatic carbocycles. The maximum absolute atomic E-state index is 10.7. The number of rotatable bonds is 7. The molecule has 0 spiro atoms. The second-order valence-corrected chi connectivity index (χ2v) is 7.68. The Morgan fingerprint density at radius 3 is 2.85 bits per heavy atom. The van der Waals surface area contributed by atoms with Crippen molar-refractivity contribution in [3.63, 3.8) is 0 Å². The van der Waals surface area contributed by atoms with Crippen molar-refractivity contribution in [2.45, 2.75) is 64.6 Å². The van der Waals surface area contributed by atoms with Gasteiger partial charge in [-0.3, -0.25) is 9.58 Å². The van der Waals surface area contributed by atoms with Gasteiger partial charge in [-0.1, -0.05) is 6.42 Å². The fraction of sp³-hybridized carbons (Fsp3) is 0.789. The third-order valence-corrected chi connectivity index (χ3v) is 5.20. The monoisotopic (exact) mass is 364 g/mol. The van der Waals surface area contributed by atoms with Crippen LogP contribution in [0.5, 0.6) is 0 Å². The third kappa shape index (κ3) is 5.71. The zero-order valence-electron chi connectivity index (χ0n) is 17.0. The van der Waals surface area contributed by atoms with E-state index in [-0.39, 0.29) is 6.54 Å². The Bertz CT molecular complexity index is 582. The van der Waals surface area contributed by atoms with Gasteiger partial charge in [0.2, 0.25) is 0 Å². The van der Waals surface area contributed by atoms with Crippen molar-refractivity contribution in [3.05, 3.63) is 18.0 Å². The lowest BCUT2D eigenvalue weighted by Crippen LogP contribution is -2.50. The largest absolute Gasteiger partial charge is 0.383 e. The summed E-state index contributed by atoms with van der Waals surface area (Å²) in [6.07, 6.45) is 7.43. The highest BCUT2D eigenvalue weighted by atomic mass is 16.3. The lowest BCUT2D eigenvalue weighted by Gasteiger charge is -2.38. The lowest BCUT2D eigenvalue weighted by atomic mass is 10.0. The SMILES string of the molecule is CCNC(=NCC(C)(O)c1cnn(C)c1)NCC(C)N1CCCCC1C. The van der Waals surface area contributed by atoms with E-state index in [2.05, 4.69) is 39.5 Å². The van der Waals surface area contributed by atoms with E-state index in [1.165, 1.54) is 25.8 Å². The molecule has 1 aliphatic heterocycles. The molecule has 3 atom stereocenters. The third-order valence-electron chi connectivity index (χ3n) is 5.20. The summed E-state index contributed by atoms with van der Waals surface area (Å²) >= 11 is 0. The van der Waals surface area contributed by atoms with E-state index in [0.717, 1.165) is 24.6 Å². The van der Waals surface area contributed by atoms with Gasteiger partial charge in [-0.05, 0) is 47.1 Å². The molecule has 7 nitrogen and oxygen atoms in total. The molecule has 1 aromatic rings. The van der Waals surface area contributed by atoms with Crippen LogP contribution in [-0.4, -0.2) is 64.0 Å². The van der Waals surface area contributed by atoms with Crippen LogP contribution < -0.4 is 10.6 Å². The molecule has 2 heterocycles. The number of hydrogen-bond donors (Lipinski definition) is 3. The van der Waals surface area contributed by atoms with Crippen LogP contribution in [0.25, 0.3) is 0 Å². The fourth-order valence-corrected chi connectivity index (χ4v) is 3.50. The zero-order valence-corrected chi connectivity index (χ0v) is 17.0. The van der Waals surface area contributed by atoms with Gasteiger partial charge in [0.15, 0.2) is 5.96 Å². The van der Waals surface area contributed by atoms with E-state index in [1.807, 2.05) is 20.2 Å². The van der Waals surface area contributed by atoms with E-state index in [4.69, 9.17) is 0 Å². The van der Waals surface area contributed by atoms with Crippen LogP contribution in [-0.2, 0) is 12.6 Å². The van der Waals surface area contributed by atoms with E-state index < -0.39 is 5.60 Å². The van der Waals surface area contributed by atoms with Gasteiger partial charge in [-0.25, -0.2) is 4.99 Å². The average Bonchev–Trinajstić information content (AvgIpc) is 3.05. The first-order chi connectivity index (χ1) is 12.3. The number of guanidine groups is 1. The summed E-state index contributed by atoms with van der Waals surface area (Å²) in [5.41, 5.74) is -0.265. The Morgan fingerprint density at radius 2 is 2.23 bits per heavy atom. The van der Waals surface area contributed by atoms with Gasteiger partial charge < -0.3 is 15.7 Å². The lowest BCUT2D eigenvalue weighted by molar-refractivity contribution is 0.0671. The minimum Gasteiger partial charge on any atom is -0.383 e. The van der Waals surface area contributed by atoms with Gasteiger partial charge in [-0.2, -0.15) is 5.10 Å². The van der Waals surface area contributed by atoms with Gasteiger partial charge in [-0.15, -0.1) is 0 Å². The molecule has 0 saturated carbocycles. The van der Waals surface area contributed by atoms with Crippen LogP contribution in [0.1, 0.15) is 52.5 Å². The van der Waals surface area contributed by atoms with Gasteiger partial charge in [0.1, 0.15) is 5.60 Å². The fourth-order valence-electron chi connectivity index (χ4n) is 3.50. The zero-order chi connectivity index (χ0) is 19.2. The predicted octanol–water partition coefficient (Wildman–Crippen LogP) is 1.45. The number of aliphatic imine (C=N–C) groups is 1.